The Morgan fingerprint density at radius 1 is 1.31 bits per heavy atom. The van der Waals surface area contributed by atoms with Crippen molar-refractivity contribution in [3.63, 3.8) is 0 Å². The van der Waals surface area contributed by atoms with E-state index >= 15 is 0 Å². The van der Waals surface area contributed by atoms with Crippen molar-refractivity contribution in [2.45, 2.75) is 53.9 Å². The van der Waals surface area contributed by atoms with Gasteiger partial charge in [-0.1, -0.05) is 47.0 Å². The van der Waals surface area contributed by atoms with Crippen molar-refractivity contribution in [3.05, 3.63) is 0 Å². The second kappa shape index (κ2) is 9.56. The van der Waals surface area contributed by atoms with Gasteiger partial charge in [0.1, 0.15) is 0 Å². The Labute approximate surface area is 82.4 Å². The number of carboxylic acids is 1. The lowest BCUT2D eigenvalue weighted by Crippen LogP contribution is -2.06. The third-order valence-corrected chi connectivity index (χ3v) is 2.13. The van der Waals surface area contributed by atoms with Crippen LogP contribution in [0.1, 0.15) is 53.9 Å². The van der Waals surface area contributed by atoms with E-state index in [1.54, 1.807) is 0 Å². The van der Waals surface area contributed by atoms with Gasteiger partial charge in [0.15, 0.2) is 0 Å². The van der Waals surface area contributed by atoms with Crippen LogP contribution in [0.5, 0.6) is 0 Å². The highest BCUT2D eigenvalue weighted by molar-refractivity contribution is 5.62. The van der Waals surface area contributed by atoms with Crippen LogP contribution in [-0.2, 0) is 4.79 Å². The molecule has 0 heterocycles. The van der Waals surface area contributed by atoms with E-state index in [4.69, 9.17) is 9.90 Å². The fraction of sp³-hybridized carbons (Fsp3) is 0.909. The number of carbonyl (C=O) groups is 1. The van der Waals surface area contributed by atoms with Crippen LogP contribution in [0.15, 0.2) is 0 Å². The van der Waals surface area contributed by atoms with Crippen molar-refractivity contribution in [1.82, 2.24) is 0 Å². The first-order valence-corrected chi connectivity index (χ1v) is 5.15. The normalized spacial score (nSPS) is 11.8. The molecular weight excluding hydrogens is 164 g/mol. The van der Waals surface area contributed by atoms with Crippen LogP contribution in [0.3, 0.4) is 0 Å². The van der Waals surface area contributed by atoms with Gasteiger partial charge in [-0.05, 0) is 11.8 Å². The van der Waals surface area contributed by atoms with Crippen molar-refractivity contribution >= 4 is 5.97 Å². The summed E-state index contributed by atoms with van der Waals surface area (Å²) in [6.07, 6.45) is 4.11. The molecule has 0 aromatic heterocycles. The number of carboxylic acid groups (broad SMARTS) is 1. The van der Waals surface area contributed by atoms with Crippen LogP contribution >= 0.6 is 0 Å². The average Bonchev–Trinajstić information content (AvgIpc) is 1.98. The van der Waals surface area contributed by atoms with Crippen LogP contribution < -0.4 is 0 Å². The van der Waals surface area contributed by atoms with E-state index in [0.717, 1.165) is 18.8 Å². The molecular formula is C11H24O2. The number of hydrogen-bond acceptors (Lipinski definition) is 1. The van der Waals surface area contributed by atoms with E-state index in [1.807, 2.05) is 0 Å². The molecule has 1 N–H and O–H groups in total. The first-order chi connectivity index (χ1) is 5.95. The Hall–Kier alpha value is -0.530. The zero-order valence-electron chi connectivity index (χ0n) is 9.63. The number of rotatable bonds is 4. The Bertz CT molecular complexity index is 115. The van der Waals surface area contributed by atoms with Crippen molar-refractivity contribution in [1.29, 1.82) is 0 Å². The highest BCUT2D eigenvalue weighted by Gasteiger charge is 2.08. The Kier molecular flexibility index (Phi) is 11.0. The zero-order chi connectivity index (χ0) is 10.9. The average molecular weight is 188 g/mol. The van der Waals surface area contributed by atoms with E-state index in [2.05, 4.69) is 27.7 Å². The van der Waals surface area contributed by atoms with Gasteiger partial charge in [-0.3, -0.25) is 4.79 Å². The second-order valence-electron chi connectivity index (χ2n) is 3.72. The number of hydrogen-bond donors (Lipinski definition) is 1. The predicted octanol–water partition coefficient (Wildman–Crippen LogP) is 3.56. The zero-order valence-corrected chi connectivity index (χ0v) is 9.63. The lowest BCUT2D eigenvalue weighted by molar-refractivity contribution is -0.134. The minimum Gasteiger partial charge on any atom is -0.481 e. The molecule has 13 heavy (non-hydrogen) atoms. The third-order valence-electron chi connectivity index (χ3n) is 2.13. The topological polar surface area (TPSA) is 37.3 Å². The SMILES string of the molecule is CC(=O)O.CCCC(CC)C(C)C. The standard InChI is InChI=1S/C9H20.C2H4O2/c1-5-7-9(6-2)8(3)4;1-2(3)4/h8-9H,5-7H2,1-4H3;1H3,(H,3,4). The van der Waals surface area contributed by atoms with E-state index in [-0.39, 0.29) is 0 Å². The van der Waals surface area contributed by atoms with Crippen LogP contribution in [0.25, 0.3) is 0 Å². The van der Waals surface area contributed by atoms with Gasteiger partial charge in [0.2, 0.25) is 0 Å². The molecule has 0 bridgehead atoms. The Morgan fingerprint density at radius 2 is 1.69 bits per heavy atom. The summed E-state index contributed by atoms with van der Waals surface area (Å²) >= 11 is 0. The monoisotopic (exact) mass is 188 g/mol. The van der Waals surface area contributed by atoms with Crippen LogP contribution in [-0.4, -0.2) is 11.1 Å². The van der Waals surface area contributed by atoms with Gasteiger partial charge in [-0.25, -0.2) is 0 Å². The molecule has 80 valence electrons. The third kappa shape index (κ3) is 14.3. The molecule has 2 nitrogen and oxygen atoms in total. The number of aliphatic carboxylic acids is 1. The van der Waals surface area contributed by atoms with Gasteiger partial charge in [0.05, 0.1) is 0 Å². The molecule has 1 unspecified atom stereocenters. The summed E-state index contributed by atoms with van der Waals surface area (Å²) in [4.78, 5) is 9.00. The minimum atomic E-state index is -0.833. The summed E-state index contributed by atoms with van der Waals surface area (Å²) in [6, 6.07) is 0. The molecule has 0 aliphatic heterocycles. The summed E-state index contributed by atoms with van der Waals surface area (Å²) < 4.78 is 0. The van der Waals surface area contributed by atoms with Gasteiger partial charge in [0, 0.05) is 6.92 Å². The summed E-state index contributed by atoms with van der Waals surface area (Å²) in [5, 5.41) is 7.42. The van der Waals surface area contributed by atoms with Gasteiger partial charge >= 0.3 is 0 Å². The molecule has 0 saturated carbocycles. The fourth-order valence-corrected chi connectivity index (χ4v) is 1.38. The largest absolute Gasteiger partial charge is 0.481 e. The molecule has 0 amide bonds. The van der Waals surface area contributed by atoms with Crippen molar-refractivity contribution < 1.29 is 9.90 Å². The van der Waals surface area contributed by atoms with E-state index < -0.39 is 5.97 Å². The van der Waals surface area contributed by atoms with Crippen LogP contribution in [0.2, 0.25) is 0 Å². The van der Waals surface area contributed by atoms with Gasteiger partial charge in [-0.15, -0.1) is 0 Å². The summed E-state index contributed by atoms with van der Waals surface area (Å²) in [5.74, 6) is 1.02. The lowest BCUT2D eigenvalue weighted by atomic mass is 9.89. The van der Waals surface area contributed by atoms with E-state index in [0.29, 0.717) is 0 Å². The highest BCUT2D eigenvalue weighted by atomic mass is 16.4. The van der Waals surface area contributed by atoms with Crippen molar-refractivity contribution in [2.24, 2.45) is 11.8 Å². The molecule has 1 atom stereocenters. The Balaban J connectivity index is 0. The molecule has 0 rings (SSSR count). The van der Waals surface area contributed by atoms with Gasteiger partial charge in [0.25, 0.3) is 5.97 Å². The fourth-order valence-electron chi connectivity index (χ4n) is 1.38. The van der Waals surface area contributed by atoms with Crippen molar-refractivity contribution in [3.8, 4) is 0 Å². The van der Waals surface area contributed by atoms with Gasteiger partial charge < -0.3 is 5.11 Å². The van der Waals surface area contributed by atoms with Crippen LogP contribution in [0.4, 0.5) is 0 Å². The Morgan fingerprint density at radius 3 is 1.77 bits per heavy atom. The van der Waals surface area contributed by atoms with Gasteiger partial charge in [-0.2, -0.15) is 0 Å². The molecule has 2 heteroatoms. The smallest absolute Gasteiger partial charge is 0.300 e. The lowest BCUT2D eigenvalue weighted by Gasteiger charge is -2.17. The second-order valence-corrected chi connectivity index (χ2v) is 3.72. The van der Waals surface area contributed by atoms with Crippen LogP contribution in [0, 0.1) is 11.8 Å². The maximum Gasteiger partial charge on any atom is 0.300 e. The maximum absolute atomic E-state index is 9.00. The molecule has 0 radical (unpaired) electrons. The summed E-state index contributed by atoms with van der Waals surface area (Å²) in [7, 11) is 0. The van der Waals surface area contributed by atoms with E-state index in [9.17, 15) is 0 Å². The minimum absolute atomic E-state index is 0.833. The quantitative estimate of drug-likeness (QED) is 0.732. The molecule has 0 aromatic rings. The highest BCUT2D eigenvalue weighted by Crippen LogP contribution is 2.19. The molecule has 0 fully saturated rings. The first kappa shape index (κ1) is 15.0. The molecule has 0 saturated heterocycles. The summed E-state index contributed by atoms with van der Waals surface area (Å²) in [6.45, 7) is 10.3. The maximum atomic E-state index is 9.00. The summed E-state index contributed by atoms with van der Waals surface area (Å²) in [5.41, 5.74) is 0. The molecule has 0 aromatic carbocycles. The van der Waals surface area contributed by atoms with Crippen molar-refractivity contribution in [2.75, 3.05) is 0 Å². The predicted molar refractivity (Wildman–Crippen MR) is 56.8 cm³/mol. The molecule has 0 aliphatic carbocycles. The molecule has 0 spiro atoms. The first-order valence-electron chi connectivity index (χ1n) is 5.15. The van der Waals surface area contributed by atoms with E-state index in [1.165, 1.54) is 19.3 Å². The molecule has 0 aliphatic rings.